The van der Waals surface area contributed by atoms with Crippen molar-refractivity contribution in [3.8, 4) is 5.75 Å². The molecule has 3 aromatic rings. The molecule has 156 valence electrons. The molecule has 1 aromatic heterocycles. The number of aryl methyl sites for hydroxylation is 1. The molecule has 3 N–H and O–H groups in total. The molecule has 2 heterocycles. The van der Waals surface area contributed by atoms with Crippen LogP contribution in [0.4, 0.5) is 0 Å². The van der Waals surface area contributed by atoms with E-state index in [0.717, 1.165) is 24.2 Å². The third-order valence-corrected chi connectivity index (χ3v) is 5.83. The molecule has 0 saturated heterocycles. The number of nitrogens with one attached hydrogen (secondary N) is 1. The number of fused-ring (bicyclic) bond motifs is 2. The Bertz CT molecular complexity index is 1280. The summed E-state index contributed by atoms with van der Waals surface area (Å²) in [6.07, 6.45) is 1.71. The maximum atomic E-state index is 12.6. The third kappa shape index (κ3) is 4.19. The molecule has 0 bridgehead atoms. The Hall–Kier alpha value is -3.24. The Morgan fingerprint density at radius 2 is 1.97 bits per heavy atom. The number of hydrogen-bond donors (Lipinski definition) is 2. The van der Waals surface area contributed by atoms with Gasteiger partial charge in [0.1, 0.15) is 11.6 Å². The second kappa shape index (κ2) is 7.88. The van der Waals surface area contributed by atoms with Gasteiger partial charge < -0.3 is 10.1 Å². The first-order chi connectivity index (χ1) is 14.3. The molecular weight excluding hydrogens is 408 g/mol. The van der Waals surface area contributed by atoms with Crippen LogP contribution in [0.15, 0.2) is 52.2 Å². The molecule has 0 aliphatic carbocycles. The van der Waals surface area contributed by atoms with Crippen molar-refractivity contribution >= 4 is 26.8 Å². The van der Waals surface area contributed by atoms with Gasteiger partial charge in [-0.3, -0.25) is 14.2 Å². The van der Waals surface area contributed by atoms with Gasteiger partial charge in [-0.05, 0) is 42.3 Å². The normalized spacial score (nSPS) is 13.2. The average Bonchev–Trinajstić information content (AvgIpc) is 3.19. The molecule has 0 spiro atoms. The number of ether oxygens (including phenoxy) is 1. The molecule has 4 rings (SSSR count). The van der Waals surface area contributed by atoms with E-state index in [-0.39, 0.29) is 29.5 Å². The lowest BCUT2D eigenvalue weighted by molar-refractivity contribution is -0.123. The summed E-state index contributed by atoms with van der Waals surface area (Å²) in [6.45, 7) is 0.658. The summed E-state index contributed by atoms with van der Waals surface area (Å²) < 4.78 is 29.7. The predicted octanol–water partition coefficient (Wildman–Crippen LogP) is 0.685. The lowest BCUT2D eigenvalue weighted by Gasteiger charge is -2.09. The van der Waals surface area contributed by atoms with Crippen LogP contribution in [0, 0.1) is 0 Å². The van der Waals surface area contributed by atoms with Gasteiger partial charge in [0.05, 0.1) is 15.8 Å². The zero-order valence-electron chi connectivity index (χ0n) is 16.0. The number of benzene rings is 2. The zero-order valence-corrected chi connectivity index (χ0v) is 16.8. The summed E-state index contributed by atoms with van der Waals surface area (Å²) in [7, 11) is -3.75. The number of nitrogens with two attached hydrogens (primary N) is 1. The van der Waals surface area contributed by atoms with Crippen LogP contribution in [0.2, 0.25) is 0 Å². The first kappa shape index (κ1) is 20.0. The van der Waals surface area contributed by atoms with Crippen LogP contribution in [0.25, 0.3) is 10.9 Å². The highest BCUT2D eigenvalue weighted by atomic mass is 32.2. The van der Waals surface area contributed by atoms with Gasteiger partial charge in [0.2, 0.25) is 10.0 Å². The van der Waals surface area contributed by atoms with Crippen LogP contribution in [0.5, 0.6) is 5.75 Å². The summed E-state index contributed by atoms with van der Waals surface area (Å²) >= 11 is 0. The minimum absolute atomic E-state index is 0.00764. The molecule has 0 saturated carbocycles. The SMILES string of the molecule is NS(=O)(=O)c1ccc(CNC(=O)COc2ccc3nc4n(c(=O)c3c2)CCC4)cc1. The molecule has 0 atom stereocenters. The molecule has 1 amide bonds. The monoisotopic (exact) mass is 428 g/mol. The maximum absolute atomic E-state index is 12.6. The van der Waals surface area contributed by atoms with E-state index >= 15 is 0 Å². The van der Waals surface area contributed by atoms with Crippen molar-refractivity contribution < 1.29 is 17.9 Å². The van der Waals surface area contributed by atoms with Crippen LogP contribution in [0.1, 0.15) is 17.8 Å². The summed E-state index contributed by atoms with van der Waals surface area (Å²) in [5.74, 6) is 0.861. The highest BCUT2D eigenvalue weighted by molar-refractivity contribution is 7.89. The van der Waals surface area contributed by atoms with Crippen molar-refractivity contribution in [2.45, 2.75) is 30.8 Å². The minimum Gasteiger partial charge on any atom is -0.484 e. The molecule has 2 aromatic carbocycles. The number of hydrogen-bond acceptors (Lipinski definition) is 6. The number of rotatable bonds is 6. The largest absolute Gasteiger partial charge is 0.484 e. The van der Waals surface area contributed by atoms with Crippen molar-refractivity contribution in [3.05, 3.63) is 64.2 Å². The quantitative estimate of drug-likeness (QED) is 0.593. The second-order valence-corrected chi connectivity index (χ2v) is 8.58. The van der Waals surface area contributed by atoms with Gasteiger partial charge in [-0.1, -0.05) is 12.1 Å². The molecule has 10 heteroatoms. The first-order valence-corrected chi connectivity index (χ1v) is 10.9. The van der Waals surface area contributed by atoms with Gasteiger partial charge in [0, 0.05) is 19.5 Å². The van der Waals surface area contributed by atoms with Gasteiger partial charge in [0.15, 0.2) is 6.61 Å². The fourth-order valence-electron chi connectivity index (χ4n) is 3.35. The first-order valence-electron chi connectivity index (χ1n) is 9.36. The summed E-state index contributed by atoms with van der Waals surface area (Å²) in [4.78, 5) is 29.2. The molecule has 1 aliphatic heterocycles. The Kier molecular flexibility index (Phi) is 5.27. The van der Waals surface area contributed by atoms with Crippen molar-refractivity contribution in [1.29, 1.82) is 0 Å². The Labute approximate surface area is 172 Å². The predicted molar refractivity (Wildman–Crippen MR) is 109 cm³/mol. The molecule has 1 aliphatic rings. The second-order valence-electron chi connectivity index (χ2n) is 7.02. The Morgan fingerprint density at radius 1 is 1.20 bits per heavy atom. The number of primary sulfonamides is 1. The van der Waals surface area contributed by atoms with Crippen LogP contribution < -0.4 is 20.8 Å². The van der Waals surface area contributed by atoms with Crippen molar-refractivity contribution in [3.63, 3.8) is 0 Å². The lowest BCUT2D eigenvalue weighted by Crippen LogP contribution is -2.28. The van der Waals surface area contributed by atoms with E-state index < -0.39 is 10.0 Å². The Balaban J connectivity index is 1.37. The van der Waals surface area contributed by atoms with Gasteiger partial charge in [0.25, 0.3) is 11.5 Å². The maximum Gasteiger partial charge on any atom is 0.261 e. The smallest absolute Gasteiger partial charge is 0.261 e. The number of amides is 1. The topological polar surface area (TPSA) is 133 Å². The van der Waals surface area contributed by atoms with Crippen LogP contribution in [-0.2, 0) is 34.3 Å². The molecule has 9 nitrogen and oxygen atoms in total. The summed E-state index contributed by atoms with van der Waals surface area (Å²) in [6, 6.07) is 10.9. The zero-order chi connectivity index (χ0) is 21.3. The third-order valence-electron chi connectivity index (χ3n) is 4.90. The highest BCUT2D eigenvalue weighted by Gasteiger charge is 2.16. The molecule has 0 radical (unpaired) electrons. The van der Waals surface area contributed by atoms with Gasteiger partial charge in [-0.25, -0.2) is 18.5 Å². The molecule has 0 unspecified atom stereocenters. The van der Waals surface area contributed by atoms with Crippen molar-refractivity contribution in [2.75, 3.05) is 6.61 Å². The van der Waals surface area contributed by atoms with Crippen molar-refractivity contribution in [1.82, 2.24) is 14.9 Å². The molecular formula is C20H20N4O5S. The Morgan fingerprint density at radius 3 is 2.70 bits per heavy atom. The molecule has 0 fully saturated rings. The van der Waals surface area contributed by atoms with E-state index in [1.165, 1.54) is 12.1 Å². The highest BCUT2D eigenvalue weighted by Crippen LogP contribution is 2.19. The standard InChI is InChI=1S/C20H20N4O5S/c21-30(27,28)15-6-3-13(4-7-15)11-22-19(25)12-29-14-5-8-17-16(10-14)20(26)24-9-1-2-18(24)23-17/h3-8,10H,1-2,9,11-12H2,(H,22,25)(H2,21,27,28). The fourth-order valence-corrected chi connectivity index (χ4v) is 3.87. The van der Waals surface area contributed by atoms with Gasteiger partial charge in [-0.2, -0.15) is 0 Å². The van der Waals surface area contributed by atoms with E-state index in [9.17, 15) is 18.0 Å². The summed E-state index contributed by atoms with van der Waals surface area (Å²) in [5.41, 5.74) is 1.24. The van der Waals surface area contributed by atoms with E-state index in [4.69, 9.17) is 9.88 Å². The number of sulfonamides is 1. The summed E-state index contributed by atoms with van der Waals surface area (Å²) in [5, 5.41) is 8.21. The van der Waals surface area contributed by atoms with E-state index in [1.54, 1.807) is 34.9 Å². The number of nitrogens with zero attached hydrogens (tertiary/aromatic N) is 2. The van der Waals surface area contributed by atoms with E-state index in [2.05, 4.69) is 10.3 Å². The van der Waals surface area contributed by atoms with Crippen molar-refractivity contribution in [2.24, 2.45) is 5.14 Å². The van der Waals surface area contributed by atoms with Crippen LogP contribution in [-0.4, -0.2) is 30.5 Å². The number of carbonyl (C=O) groups is 1. The fraction of sp³-hybridized carbons (Fsp3) is 0.250. The molecule has 30 heavy (non-hydrogen) atoms. The minimum atomic E-state index is -3.75. The van der Waals surface area contributed by atoms with E-state index in [1.807, 2.05) is 0 Å². The number of aromatic nitrogens is 2. The van der Waals surface area contributed by atoms with Gasteiger partial charge in [-0.15, -0.1) is 0 Å². The van der Waals surface area contributed by atoms with Gasteiger partial charge >= 0.3 is 0 Å². The van der Waals surface area contributed by atoms with Crippen LogP contribution >= 0.6 is 0 Å². The lowest BCUT2D eigenvalue weighted by atomic mass is 10.2. The van der Waals surface area contributed by atoms with E-state index in [0.29, 0.717) is 23.2 Å². The van der Waals surface area contributed by atoms with Crippen LogP contribution in [0.3, 0.4) is 0 Å². The number of carbonyl (C=O) groups excluding carboxylic acids is 1. The average molecular weight is 428 g/mol.